The zero-order chi connectivity index (χ0) is 16.4. The summed E-state index contributed by atoms with van der Waals surface area (Å²) in [6.45, 7) is 1.79. The molecule has 0 radical (unpaired) electrons. The minimum absolute atomic E-state index is 0.0496. The van der Waals surface area contributed by atoms with E-state index >= 15 is 0 Å². The zero-order valence-electron chi connectivity index (χ0n) is 12.8. The molecule has 1 atom stereocenters. The molecule has 1 aromatic carbocycles. The van der Waals surface area contributed by atoms with Gasteiger partial charge in [-0.25, -0.2) is 0 Å². The van der Waals surface area contributed by atoms with E-state index in [0.29, 0.717) is 22.3 Å². The molecule has 2 aromatic heterocycles. The van der Waals surface area contributed by atoms with Crippen molar-refractivity contribution in [3.63, 3.8) is 0 Å². The van der Waals surface area contributed by atoms with Crippen LogP contribution in [0.15, 0.2) is 35.4 Å². The first-order valence-corrected chi connectivity index (χ1v) is 7.15. The fourth-order valence-electron chi connectivity index (χ4n) is 2.79. The number of nitrogens with zero attached hydrogens (tertiary/aromatic N) is 2. The molecule has 7 heteroatoms. The number of aromatic nitrogens is 4. The Bertz CT molecular complexity index is 908. The quantitative estimate of drug-likeness (QED) is 0.713. The van der Waals surface area contributed by atoms with Crippen molar-refractivity contribution in [3.05, 3.63) is 57.8 Å². The number of methoxy groups -OCH3 is 1. The summed E-state index contributed by atoms with van der Waals surface area (Å²) in [5.41, 5.74) is 3.10. The highest BCUT2D eigenvalue weighted by atomic mass is 16.5. The van der Waals surface area contributed by atoms with Crippen LogP contribution >= 0.6 is 0 Å². The lowest BCUT2D eigenvalue weighted by molar-refractivity contribution is -0.140. The highest BCUT2D eigenvalue weighted by Gasteiger charge is 2.26. The first-order chi connectivity index (χ1) is 11.1. The molecule has 0 saturated heterocycles. The van der Waals surface area contributed by atoms with E-state index in [0.717, 1.165) is 5.56 Å². The van der Waals surface area contributed by atoms with Crippen molar-refractivity contribution in [1.29, 1.82) is 0 Å². The summed E-state index contributed by atoms with van der Waals surface area (Å²) in [7, 11) is 1.33. The maximum absolute atomic E-state index is 12.2. The highest BCUT2D eigenvalue weighted by Crippen LogP contribution is 2.31. The number of esters is 1. The lowest BCUT2D eigenvalue weighted by atomic mass is 9.87. The van der Waals surface area contributed by atoms with Gasteiger partial charge in [0.15, 0.2) is 0 Å². The van der Waals surface area contributed by atoms with Gasteiger partial charge in [-0.15, -0.1) is 0 Å². The van der Waals surface area contributed by atoms with Gasteiger partial charge in [0.05, 0.1) is 24.6 Å². The first-order valence-electron chi connectivity index (χ1n) is 7.15. The van der Waals surface area contributed by atoms with Crippen LogP contribution in [0.5, 0.6) is 0 Å². The molecule has 23 heavy (non-hydrogen) atoms. The summed E-state index contributed by atoms with van der Waals surface area (Å²) in [5.74, 6) is -0.853. The minimum atomic E-state index is -0.460. The molecule has 0 bridgehead atoms. The number of hydrogen-bond acceptors (Lipinski definition) is 5. The number of aromatic amines is 2. The molecule has 0 fully saturated rings. The van der Waals surface area contributed by atoms with Gasteiger partial charge in [-0.2, -0.15) is 0 Å². The second-order valence-corrected chi connectivity index (χ2v) is 5.22. The van der Waals surface area contributed by atoms with Crippen molar-refractivity contribution in [2.75, 3.05) is 7.11 Å². The monoisotopic (exact) mass is 312 g/mol. The van der Waals surface area contributed by atoms with E-state index in [1.807, 2.05) is 18.2 Å². The van der Waals surface area contributed by atoms with Crippen molar-refractivity contribution in [2.45, 2.75) is 19.3 Å². The van der Waals surface area contributed by atoms with Crippen LogP contribution in [0.25, 0.3) is 11.0 Å². The van der Waals surface area contributed by atoms with Gasteiger partial charge in [0.2, 0.25) is 0 Å². The van der Waals surface area contributed by atoms with Crippen LogP contribution in [0.2, 0.25) is 0 Å². The summed E-state index contributed by atoms with van der Waals surface area (Å²) >= 11 is 0. The van der Waals surface area contributed by atoms with Crippen molar-refractivity contribution in [3.8, 4) is 0 Å². The third-order valence-corrected chi connectivity index (χ3v) is 3.86. The van der Waals surface area contributed by atoms with Gasteiger partial charge in [0, 0.05) is 29.6 Å². The maximum atomic E-state index is 12.2. The number of carbonyl (C=O) groups is 1. The third kappa shape index (κ3) is 2.73. The topological polar surface area (TPSA) is 101 Å². The van der Waals surface area contributed by atoms with Crippen LogP contribution in [0.4, 0.5) is 0 Å². The highest BCUT2D eigenvalue weighted by molar-refractivity contribution is 5.80. The Labute approximate surface area is 131 Å². The van der Waals surface area contributed by atoms with Crippen molar-refractivity contribution in [1.82, 2.24) is 20.2 Å². The number of rotatable bonds is 4. The first kappa shape index (κ1) is 15.0. The molecule has 0 saturated carbocycles. The predicted molar refractivity (Wildman–Crippen MR) is 84.2 cm³/mol. The number of aryl methyl sites for hydroxylation is 1. The Morgan fingerprint density at radius 3 is 2.74 bits per heavy atom. The molecule has 2 heterocycles. The summed E-state index contributed by atoms with van der Waals surface area (Å²) in [6, 6.07) is 5.54. The Hall–Kier alpha value is -2.96. The molecule has 7 nitrogen and oxygen atoms in total. The van der Waals surface area contributed by atoms with Gasteiger partial charge in [-0.3, -0.25) is 24.7 Å². The predicted octanol–water partition coefficient (Wildman–Crippen LogP) is 1.65. The fraction of sp³-hybridized carbons (Fsp3) is 0.250. The number of ether oxygens (including phenoxy) is 1. The van der Waals surface area contributed by atoms with Gasteiger partial charge in [0.1, 0.15) is 0 Å². The van der Waals surface area contributed by atoms with E-state index in [4.69, 9.17) is 4.74 Å². The molecule has 0 unspecified atom stereocenters. The molecule has 0 amide bonds. The standard InChI is InChI=1S/C16H16N4O3/c1-9-14(16(22)20-19-9)11(8-13(21)23-2)10-4-3-5-12-15(10)18-7-6-17-12/h3-7,11H,8H2,1-2H3,(H2,19,20,22)/t11-/m1/s1. The fourth-order valence-corrected chi connectivity index (χ4v) is 2.79. The summed E-state index contributed by atoms with van der Waals surface area (Å²) < 4.78 is 4.79. The van der Waals surface area contributed by atoms with E-state index in [1.165, 1.54) is 7.11 Å². The average molecular weight is 312 g/mol. The van der Waals surface area contributed by atoms with E-state index in [9.17, 15) is 9.59 Å². The zero-order valence-corrected chi connectivity index (χ0v) is 12.8. The van der Waals surface area contributed by atoms with E-state index in [1.54, 1.807) is 19.3 Å². The minimum Gasteiger partial charge on any atom is -0.469 e. The number of carbonyl (C=O) groups excluding carboxylic acids is 1. The van der Waals surface area contributed by atoms with Crippen LogP contribution in [0, 0.1) is 6.92 Å². The van der Waals surface area contributed by atoms with Gasteiger partial charge >= 0.3 is 5.97 Å². The third-order valence-electron chi connectivity index (χ3n) is 3.86. The normalized spacial score (nSPS) is 12.3. The van der Waals surface area contributed by atoms with Crippen molar-refractivity contribution < 1.29 is 9.53 Å². The summed E-state index contributed by atoms with van der Waals surface area (Å²) in [6.07, 6.45) is 3.25. The van der Waals surface area contributed by atoms with Crippen LogP contribution < -0.4 is 5.56 Å². The number of nitrogens with one attached hydrogen (secondary N) is 2. The van der Waals surface area contributed by atoms with Crippen LogP contribution in [0.3, 0.4) is 0 Å². The van der Waals surface area contributed by atoms with Gasteiger partial charge in [-0.05, 0) is 18.6 Å². The van der Waals surface area contributed by atoms with Crippen LogP contribution in [-0.4, -0.2) is 33.2 Å². The number of H-pyrrole nitrogens is 2. The Balaban J connectivity index is 2.22. The molecule has 118 valence electrons. The number of hydrogen-bond donors (Lipinski definition) is 2. The molecular weight excluding hydrogens is 296 g/mol. The second kappa shape index (κ2) is 6.04. The van der Waals surface area contributed by atoms with E-state index in [-0.39, 0.29) is 12.0 Å². The van der Waals surface area contributed by atoms with Crippen LogP contribution in [0.1, 0.15) is 29.2 Å². The summed E-state index contributed by atoms with van der Waals surface area (Å²) in [5, 5.41) is 5.36. The average Bonchev–Trinajstić information content (AvgIpc) is 2.91. The van der Waals surface area contributed by atoms with Crippen LogP contribution in [-0.2, 0) is 9.53 Å². The van der Waals surface area contributed by atoms with E-state index in [2.05, 4.69) is 20.2 Å². The van der Waals surface area contributed by atoms with Crippen molar-refractivity contribution in [2.24, 2.45) is 0 Å². The molecular formula is C16H16N4O3. The number of fused-ring (bicyclic) bond motifs is 1. The molecule has 0 aliphatic heterocycles. The van der Waals surface area contributed by atoms with Gasteiger partial charge < -0.3 is 9.84 Å². The lowest BCUT2D eigenvalue weighted by Gasteiger charge is -2.16. The second-order valence-electron chi connectivity index (χ2n) is 5.22. The smallest absolute Gasteiger partial charge is 0.306 e. The molecule has 2 N–H and O–H groups in total. The summed E-state index contributed by atoms with van der Waals surface area (Å²) in [4.78, 5) is 32.7. The van der Waals surface area contributed by atoms with Gasteiger partial charge in [-0.1, -0.05) is 12.1 Å². The number of para-hydroxylation sites is 1. The maximum Gasteiger partial charge on any atom is 0.306 e. The molecule has 0 aliphatic carbocycles. The number of benzene rings is 1. The lowest BCUT2D eigenvalue weighted by Crippen LogP contribution is -2.17. The molecule has 0 aliphatic rings. The Morgan fingerprint density at radius 2 is 2.04 bits per heavy atom. The van der Waals surface area contributed by atoms with Crippen molar-refractivity contribution >= 4 is 17.0 Å². The molecule has 0 spiro atoms. The Morgan fingerprint density at radius 1 is 1.26 bits per heavy atom. The van der Waals surface area contributed by atoms with E-state index < -0.39 is 11.9 Å². The largest absolute Gasteiger partial charge is 0.469 e. The SMILES string of the molecule is COC(=O)C[C@@H](c1c(C)[nH][nH]c1=O)c1cccc2nccnc12. The van der Waals surface area contributed by atoms with Gasteiger partial charge in [0.25, 0.3) is 5.56 Å². The Kier molecular flexibility index (Phi) is 3.92. The molecule has 3 rings (SSSR count). The molecule has 3 aromatic rings.